The molecule has 0 spiro atoms. The molecule has 1 aromatic heterocycles. The van der Waals surface area contributed by atoms with Gasteiger partial charge in [0, 0.05) is 5.69 Å². The number of hydrogen-bond donors (Lipinski definition) is 2. The van der Waals surface area contributed by atoms with Crippen molar-refractivity contribution in [1.82, 2.24) is 4.98 Å². The number of anilines is 2. The van der Waals surface area contributed by atoms with E-state index in [-0.39, 0.29) is 11.7 Å². The average molecular weight is 391 g/mol. The molecule has 1 aliphatic rings. The summed E-state index contributed by atoms with van der Waals surface area (Å²) in [5.41, 5.74) is -0.317. The zero-order chi connectivity index (χ0) is 19.6. The lowest BCUT2D eigenvalue weighted by molar-refractivity contribution is -0.131. The monoisotopic (exact) mass is 391 g/mol. The van der Waals surface area contributed by atoms with Gasteiger partial charge in [0.25, 0.3) is 0 Å². The summed E-state index contributed by atoms with van der Waals surface area (Å²) in [5, 5.41) is 5.49. The molecule has 0 radical (unpaired) electrons. The fraction of sp³-hybridized carbons (Fsp3) is 0.333. The minimum Gasteiger partial charge on any atom is -0.462 e. The highest BCUT2D eigenvalue weighted by atomic mass is 32.1. The maximum Gasteiger partial charge on any atom is 0.350 e. The first-order valence-electron chi connectivity index (χ1n) is 8.39. The van der Waals surface area contributed by atoms with Gasteiger partial charge in [-0.25, -0.2) is 14.2 Å². The number of hydrogen-bond acceptors (Lipinski definition) is 6. The van der Waals surface area contributed by atoms with Gasteiger partial charge >= 0.3 is 5.97 Å². The van der Waals surface area contributed by atoms with E-state index in [9.17, 15) is 18.8 Å². The third kappa shape index (κ3) is 3.97. The molecule has 1 saturated carbocycles. The summed E-state index contributed by atoms with van der Waals surface area (Å²) in [7, 11) is 0. The first-order chi connectivity index (χ1) is 12.9. The van der Waals surface area contributed by atoms with Crippen molar-refractivity contribution < 1.29 is 23.5 Å². The SMILES string of the molecule is CCOC(=O)c1sc(NC(=O)C2(C(=O)Nc3ccc(F)cc3)CC2)nc1C. The largest absolute Gasteiger partial charge is 0.462 e. The van der Waals surface area contributed by atoms with E-state index in [2.05, 4.69) is 15.6 Å². The normalized spacial score (nSPS) is 14.3. The van der Waals surface area contributed by atoms with Gasteiger partial charge in [-0.3, -0.25) is 9.59 Å². The molecule has 0 atom stereocenters. The summed E-state index contributed by atoms with van der Waals surface area (Å²) < 4.78 is 17.9. The van der Waals surface area contributed by atoms with Crippen LogP contribution in [0.4, 0.5) is 15.2 Å². The van der Waals surface area contributed by atoms with Gasteiger partial charge in [-0.05, 0) is 51.0 Å². The molecule has 1 fully saturated rings. The molecule has 3 rings (SSSR count). The number of rotatable bonds is 6. The zero-order valence-electron chi connectivity index (χ0n) is 14.8. The van der Waals surface area contributed by atoms with Crippen LogP contribution >= 0.6 is 11.3 Å². The van der Waals surface area contributed by atoms with Crippen LogP contribution in [0.2, 0.25) is 0 Å². The van der Waals surface area contributed by atoms with Crippen molar-refractivity contribution in [1.29, 1.82) is 0 Å². The number of nitrogens with one attached hydrogen (secondary N) is 2. The molecule has 1 heterocycles. The number of aryl methyl sites for hydroxylation is 1. The van der Waals surface area contributed by atoms with Crippen LogP contribution < -0.4 is 10.6 Å². The van der Waals surface area contributed by atoms with Crippen molar-refractivity contribution in [2.75, 3.05) is 17.2 Å². The summed E-state index contributed by atoms with van der Waals surface area (Å²) >= 11 is 1.01. The Labute approximate surface area is 158 Å². The Morgan fingerprint density at radius 1 is 1.19 bits per heavy atom. The molecule has 2 aromatic rings. The molecule has 0 aliphatic heterocycles. The van der Waals surface area contributed by atoms with Gasteiger partial charge < -0.3 is 15.4 Å². The number of carbonyl (C=O) groups excluding carboxylic acids is 3. The standard InChI is InChI=1S/C18H18FN3O4S/c1-3-26-14(23)13-10(2)20-17(27-13)22-16(25)18(8-9-18)15(24)21-12-6-4-11(19)5-7-12/h4-7H,3,8-9H2,1-2H3,(H,21,24)(H,20,22,25). The Kier molecular flexibility index (Phi) is 5.22. The van der Waals surface area contributed by atoms with E-state index in [0.29, 0.717) is 29.1 Å². The number of carbonyl (C=O) groups is 3. The lowest BCUT2D eigenvalue weighted by atomic mass is 10.1. The zero-order valence-corrected chi connectivity index (χ0v) is 15.6. The Morgan fingerprint density at radius 3 is 2.41 bits per heavy atom. The van der Waals surface area contributed by atoms with Crippen LogP contribution in [0.15, 0.2) is 24.3 Å². The number of amides is 2. The molecule has 27 heavy (non-hydrogen) atoms. The van der Waals surface area contributed by atoms with Crippen molar-refractivity contribution in [3.8, 4) is 0 Å². The number of halogens is 1. The molecule has 9 heteroatoms. The highest BCUT2D eigenvalue weighted by Gasteiger charge is 2.56. The molecule has 1 aromatic carbocycles. The third-order valence-electron chi connectivity index (χ3n) is 4.20. The summed E-state index contributed by atoms with van der Waals surface area (Å²) in [5.74, 6) is -1.84. The van der Waals surface area contributed by atoms with E-state index in [0.717, 1.165) is 11.3 Å². The molecule has 2 N–H and O–H groups in total. The van der Waals surface area contributed by atoms with Gasteiger partial charge in [-0.2, -0.15) is 0 Å². The summed E-state index contributed by atoms with van der Waals surface area (Å²) in [4.78, 5) is 41.5. The van der Waals surface area contributed by atoms with E-state index < -0.39 is 29.0 Å². The van der Waals surface area contributed by atoms with Gasteiger partial charge in [-0.15, -0.1) is 0 Å². The minimum atomic E-state index is -1.18. The molecule has 7 nitrogen and oxygen atoms in total. The van der Waals surface area contributed by atoms with Gasteiger partial charge in [0.05, 0.1) is 12.3 Å². The van der Waals surface area contributed by atoms with Crippen LogP contribution in [0, 0.1) is 18.2 Å². The Balaban J connectivity index is 1.68. The second kappa shape index (κ2) is 7.43. The number of esters is 1. The third-order valence-corrected chi connectivity index (χ3v) is 5.25. The van der Waals surface area contributed by atoms with E-state index in [1.165, 1.54) is 24.3 Å². The minimum absolute atomic E-state index is 0.237. The average Bonchev–Trinajstić information content (AvgIpc) is 3.36. The smallest absolute Gasteiger partial charge is 0.350 e. The van der Waals surface area contributed by atoms with Crippen molar-refractivity contribution in [2.45, 2.75) is 26.7 Å². The highest BCUT2D eigenvalue weighted by molar-refractivity contribution is 7.17. The van der Waals surface area contributed by atoms with E-state index in [1.54, 1.807) is 13.8 Å². The van der Waals surface area contributed by atoms with E-state index >= 15 is 0 Å². The van der Waals surface area contributed by atoms with Crippen LogP contribution in [0.25, 0.3) is 0 Å². The maximum absolute atomic E-state index is 13.0. The Hall–Kier alpha value is -2.81. The fourth-order valence-corrected chi connectivity index (χ4v) is 3.37. The van der Waals surface area contributed by atoms with Crippen LogP contribution in [0.3, 0.4) is 0 Å². The number of aromatic nitrogens is 1. The van der Waals surface area contributed by atoms with E-state index in [1.807, 2.05) is 0 Å². The van der Waals surface area contributed by atoms with Crippen molar-refractivity contribution in [3.05, 3.63) is 40.7 Å². The van der Waals surface area contributed by atoms with Crippen molar-refractivity contribution >= 4 is 39.9 Å². The molecule has 0 bridgehead atoms. The molecular weight excluding hydrogens is 373 g/mol. The molecular formula is C18H18FN3O4S. The second-order valence-electron chi connectivity index (χ2n) is 6.15. The molecule has 142 valence electrons. The molecule has 2 amide bonds. The lowest BCUT2D eigenvalue weighted by Gasteiger charge is -2.14. The summed E-state index contributed by atoms with van der Waals surface area (Å²) in [6, 6.07) is 5.31. The van der Waals surface area contributed by atoms with Crippen LogP contribution in [0.5, 0.6) is 0 Å². The first kappa shape index (κ1) is 19.0. The predicted octanol–water partition coefficient (Wildman–Crippen LogP) is 3.12. The summed E-state index contributed by atoms with van der Waals surface area (Å²) in [6.45, 7) is 3.59. The first-order valence-corrected chi connectivity index (χ1v) is 9.20. The second-order valence-corrected chi connectivity index (χ2v) is 7.15. The van der Waals surface area contributed by atoms with E-state index in [4.69, 9.17) is 4.74 Å². The Morgan fingerprint density at radius 2 is 1.81 bits per heavy atom. The molecule has 1 aliphatic carbocycles. The molecule has 0 unspecified atom stereocenters. The molecule has 0 saturated heterocycles. The van der Waals surface area contributed by atoms with Crippen LogP contribution in [0.1, 0.15) is 35.1 Å². The Bertz CT molecular complexity index is 891. The number of thiazole rings is 1. The predicted molar refractivity (Wildman–Crippen MR) is 98.1 cm³/mol. The van der Waals surface area contributed by atoms with Gasteiger partial charge in [0.15, 0.2) is 5.13 Å². The van der Waals surface area contributed by atoms with Crippen LogP contribution in [-0.2, 0) is 14.3 Å². The maximum atomic E-state index is 13.0. The highest BCUT2D eigenvalue weighted by Crippen LogP contribution is 2.47. The quantitative estimate of drug-likeness (QED) is 0.582. The number of ether oxygens (including phenoxy) is 1. The number of benzene rings is 1. The van der Waals surface area contributed by atoms with Crippen molar-refractivity contribution in [3.63, 3.8) is 0 Å². The lowest BCUT2D eigenvalue weighted by Crippen LogP contribution is -2.35. The summed E-state index contributed by atoms with van der Waals surface area (Å²) in [6.07, 6.45) is 0.807. The van der Waals surface area contributed by atoms with Gasteiger partial charge in [-0.1, -0.05) is 11.3 Å². The van der Waals surface area contributed by atoms with Gasteiger partial charge in [0.2, 0.25) is 11.8 Å². The van der Waals surface area contributed by atoms with Gasteiger partial charge in [0.1, 0.15) is 16.1 Å². The fourth-order valence-electron chi connectivity index (χ4n) is 2.52. The van der Waals surface area contributed by atoms with Crippen molar-refractivity contribution in [2.24, 2.45) is 5.41 Å². The topological polar surface area (TPSA) is 97.4 Å². The number of nitrogens with zero attached hydrogens (tertiary/aromatic N) is 1. The van der Waals surface area contributed by atoms with Crippen LogP contribution in [-0.4, -0.2) is 29.4 Å².